The zero-order chi connectivity index (χ0) is 20.7. The van der Waals surface area contributed by atoms with Gasteiger partial charge >= 0.3 is 6.36 Å². The summed E-state index contributed by atoms with van der Waals surface area (Å²) in [5.74, 6) is 0.0317. The van der Waals surface area contributed by atoms with Crippen LogP contribution in [0, 0.1) is 11.3 Å². The molecule has 4 aromatic rings. The van der Waals surface area contributed by atoms with Crippen LogP contribution in [0.3, 0.4) is 0 Å². The summed E-state index contributed by atoms with van der Waals surface area (Å²) in [5, 5.41) is 22.7. The van der Waals surface area contributed by atoms with E-state index in [1.54, 1.807) is 36.7 Å². The van der Waals surface area contributed by atoms with Gasteiger partial charge in [-0.3, -0.25) is 0 Å². The maximum Gasteiger partial charge on any atom is 0.573 e. The molecule has 8 nitrogen and oxygen atoms in total. The normalized spacial score (nSPS) is 10.6. The first-order valence-electron chi connectivity index (χ1n) is 8.03. The molecule has 0 amide bonds. The Morgan fingerprint density at radius 2 is 1.69 bits per heavy atom. The van der Waals surface area contributed by atoms with Gasteiger partial charge in [-0.25, -0.2) is 9.67 Å². The predicted octanol–water partition coefficient (Wildman–Crippen LogP) is 3.51. The quantitative estimate of drug-likeness (QED) is 0.565. The van der Waals surface area contributed by atoms with Crippen molar-refractivity contribution in [3.8, 4) is 28.9 Å². The smallest absolute Gasteiger partial charge is 0.406 e. The lowest BCUT2D eigenvalue weighted by atomic mass is 10.1. The number of aromatic nitrogens is 6. The fourth-order valence-electron chi connectivity index (χ4n) is 2.25. The summed E-state index contributed by atoms with van der Waals surface area (Å²) in [6.07, 6.45) is -0.147. The molecule has 0 aliphatic carbocycles. The monoisotopic (exact) mass is 399 g/mol. The molecule has 2 heterocycles. The van der Waals surface area contributed by atoms with Gasteiger partial charge in [-0.05, 0) is 36.4 Å². The zero-order valence-corrected chi connectivity index (χ0v) is 14.6. The summed E-state index contributed by atoms with van der Waals surface area (Å²) in [7, 11) is 0. The lowest BCUT2D eigenvalue weighted by Gasteiger charge is -2.09. The van der Waals surface area contributed by atoms with Gasteiger partial charge in [0.05, 0.1) is 29.7 Å². The summed E-state index contributed by atoms with van der Waals surface area (Å²) in [6, 6.07) is 14.2. The van der Waals surface area contributed by atoms with Crippen LogP contribution in [0.15, 0.2) is 67.3 Å². The highest BCUT2D eigenvalue weighted by Crippen LogP contribution is 2.24. The van der Waals surface area contributed by atoms with Crippen LogP contribution in [0.5, 0.6) is 5.75 Å². The molecule has 0 atom stereocenters. The molecular formula is C18H12F3N7O. The first-order valence-corrected chi connectivity index (χ1v) is 8.03. The van der Waals surface area contributed by atoms with Crippen LogP contribution in [0.2, 0.25) is 0 Å². The summed E-state index contributed by atoms with van der Waals surface area (Å²) in [4.78, 5) is 4.14. The minimum Gasteiger partial charge on any atom is -0.406 e. The van der Waals surface area contributed by atoms with Crippen molar-refractivity contribution in [2.75, 3.05) is 0 Å². The Balaban J connectivity index is 0.000000419. The molecule has 0 aliphatic rings. The summed E-state index contributed by atoms with van der Waals surface area (Å²) < 4.78 is 41.7. The summed E-state index contributed by atoms with van der Waals surface area (Å²) in [5.41, 5.74) is 1.53. The molecule has 0 saturated carbocycles. The van der Waals surface area contributed by atoms with Gasteiger partial charge in [0.2, 0.25) is 0 Å². The second kappa shape index (κ2) is 8.66. The molecule has 29 heavy (non-hydrogen) atoms. The second-order valence-corrected chi connectivity index (χ2v) is 5.37. The number of rotatable bonds is 3. The van der Waals surface area contributed by atoms with Crippen LogP contribution >= 0.6 is 0 Å². The van der Waals surface area contributed by atoms with Crippen LogP contribution in [-0.4, -0.2) is 36.5 Å². The predicted molar refractivity (Wildman–Crippen MR) is 94.6 cm³/mol. The molecule has 0 fully saturated rings. The molecule has 0 radical (unpaired) electrons. The highest BCUT2D eigenvalue weighted by Gasteiger charge is 2.31. The van der Waals surface area contributed by atoms with Crippen LogP contribution in [0.4, 0.5) is 13.2 Å². The van der Waals surface area contributed by atoms with Crippen molar-refractivity contribution in [1.29, 1.82) is 5.26 Å². The summed E-state index contributed by atoms with van der Waals surface area (Å²) in [6.45, 7) is 0. The third-order valence-electron chi connectivity index (χ3n) is 3.45. The molecule has 2 aromatic heterocycles. The van der Waals surface area contributed by atoms with Crippen LogP contribution in [0.1, 0.15) is 5.56 Å². The zero-order valence-electron chi connectivity index (χ0n) is 14.6. The number of aromatic amines is 1. The van der Waals surface area contributed by atoms with Crippen molar-refractivity contribution in [3.05, 3.63) is 72.8 Å². The third kappa shape index (κ3) is 5.39. The molecule has 146 valence electrons. The topological polar surface area (TPSA) is 105 Å². The van der Waals surface area contributed by atoms with Crippen LogP contribution in [0.25, 0.3) is 17.1 Å². The Kier molecular flexibility index (Phi) is 5.84. The number of hydrogen-bond donors (Lipinski definition) is 1. The number of hydrogen-bond acceptors (Lipinski definition) is 6. The second-order valence-electron chi connectivity index (χ2n) is 5.37. The number of nitrogens with zero attached hydrogens (tertiary/aromatic N) is 6. The van der Waals surface area contributed by atoms with Crippen molar-refractivity contribution < 1.29 is 17.9 Å². The van der Waals surface area contributed by atoms with E-state index in [-0.39, 0.29) is 5.75 Å². The van der Waals surface area contributed by atoms with Gasteiger partial charge in [-0.15, -0.1) is 18.3 Å². The average Bonchev–Trinajstić information content (AvgIpc) is 3.42. The minimum atomic E-state index is -4.73. The van der Waals surface area contributed by atoms with Gasteiger partial charge in [0, 0.05) is 5.56 Å². The van der Waals surface area contributed by atoms with E-state index < -0.39 is 6.36 Å². The Morgan fingerprint density at radius 1 is 1.00 bits per heavy atom. The molecule has 0 bridgehead atoms. The van der Waals surface area contributed by atoms with Crippen LogP contribution < -0.4 is 4.74 Å². The van der Waals surface area contributed by atoms with Crippen molar-refractivity contribution in [1.82, 2.24) is 30.2 Å². The minimum absolute atomic E-state index is 0.318. The number of benzene rings is 2. The van der Waals surface area contributed by atoms with E-state index >= 15 is 0 Å². The Hall–Kier alpha value is -4.20. The molecule has 2 aromatic carbocycles. The van der Waals surface area contributed by atoms with E-state index in [1.165, 1.54) is 35.3 Å². The third-order valence-corrected chi connectivity index (χ3v) is 3.45. The SMILES string of the molecule is N#Cc1ccccc1-c1ncn(-c2ccc(OC(F)(F)F)cc2)n1.c1cn[nH]n1. The van der Waals surface area contributed by atoms with Crippen molar-refractivity contribution in [2.24, 2.45) is 0 Å². The first kappa shape index (κ1) is 19.6. The van der Waals surface area contributed by atoms with E-state index in [2.05, 4.69) is 36.3 Å². The van der Waals surface area contributed by atoms with Crippen molar-refractivity contribution >= 4 is 0 Å². The Labute approximate surface area is 162 Å². The number of nitrogens with one attached hydrogen (secondary N) is 1. The van der Waals surface area contributed by atoms with Gasteiger partial charge in [0.15, 0.2) is 5.82 Å². The maximum atomic E-state index is 12.2. The molecule has 4 rings (SSSR count). The highest BCUT2D eigenvalue weighted by molar-refractivity contribution is 5.64. The number of ether oxygens (including phenoxy) is 1. The molecule has 0 unspecified atom stereocenters. The average molecular weight is 399 g/mol. The molecule has 11 heteroatoms. The number of halogens is 3. The molecule has 1 N–H and O–H groups in total. The van der Waals surface area contributed by atoms with Gasteiger partial charge in [-0.2, -0.15) is 20.7 Å². The highest BCUT2D eigenvalue weighted by atomic mass is 19.4. The van der Waals surface area contributed by atoms with Gasteiger partial charge in [0.25, 0.3) is 0 Å². The lowest BCUT2D eigenvalue weighted by Crippen LogP contribution is -2.17. The van der Waals surface area contributed by atoms with E-state index in [0.717, 1.165) is 0 Å². The summed E-state index contributed by atoms with van der Waals surface area (Å²) >= 11 is 0. The molecular weight excluding hydrogens is 387 g/mol. The van der Waals surface area contributed by atoms with Gasteiger partial charge in [0.1, 0.15) is 12.1 Å². The fourth-order valence-corrected chi connectivity index (χ4v) is 2.25. The van der Waals surface area contributed by atoms with Crippen molar-refractivity contribution in [2.45, 2.75) is 6.36 Å². The van der Waals surface area contributed by atoms with E-state index in [4.69, 9.17) is 5.26 Å². The standard InChI is InChI=1S/C16H9F3N4O.C2H3N3/c17-16(18,19)24-13-7-5-12(6-8-13)23-10-21-15(22-23)14-4-2-1-3-11(14)9-20;1-2-4-5-3-1/h1-8,10H;1-2H,(H,3,4,5). The lowest BCUT2D eigenvalue weighted by molar-refractivity contribution is -0.274. The van der Waals surface area contributed by atoms with E-state index in [1.807, 2.05) is 0 Å². The number of H-pyrrole nitrogens is 1. The maximum absolute atomic E-state index is 12.2. The van der Waals surface area contributed by atoms with E-state index in [9.17, 15) is 13.2 Å². The first-order chi connectivity index (χ1) is 14.0. The number of nitriles is 1. The van der Waals surface area contributed by atoms with Crippen molar-refractivity contribution in [3.63, 3.8) is 0 Å². The molecule has 0 aliphatic heterocycles. The molecule has 0 saturated heterocycles. The molecule has 0 spiro atoms. The van der Waals surface area contributed by atoms with Crippen LogP contribution in [-0.2, 0) is 0 Å². The fraction of sp³-hybridized carbons (Fsp3) is 0.0556. The Bertz CT molecular complexity index is 1070. The van der Waals surface area contributed by atoms with E-state index in [0.29, 0.717) is 22.6 Å². The Morgan fingerprint density at radius 3 is 2.28 bits per heavy atom. The van der Waals surface area contributed by atoms with Gasteiger partial charge in [-0.1, -0.05) is 12.1 Å². The number of alkyl halides is 3. The largest absolute Gasteiger partial charge is 0.573 e. The van der Waals surface area contributed by atoms with Gasteiger partial charge < -0.3 is 4.74 Å².